The van der Waals surface area contributed by atoms with Gasteiger partial charge in [0.05, 0.1) is 30.2 Å². The summed E-state index contributed by atoms with van der Waals surface area (Å²) in [6.07, 6.45) is -5.33. The molecule has 2 heterocycles. The Morgan fingerprint density at radius 2 is 1.67 bits per heavy atom. The number of nitrogens with zero attached hydrogens (tertiary/aromatic N) is 1. The van der Waals surface area contributed by atoms with Gasteiger partial charge in [-0.3, -0.25) is 9.59 Å². The van der Waals surface area contributed by atoms with Gasteiger partial charge in [-0.1, -0.05) is 12.1 Å². The molecule has 0 spiro atoms. The van der Waals surface area contributed by atoms with E-state index in [1.54, 1.807) is 12.1 Å². The number of methoxy groups -OCH3 is 2. The number of carbonyl (C=O) groups excluding carboxylic acids is 2. The van der Waals surface area contributed by atoms with Crippen LogP contribution in [0.2, 0.25) is 0 Å². The van der Waals surface area contributed by atoms with Gasteiger partial charge in [0.1, 0.15) is 11.5 Å². The molecule has 0 bridgehead atoms. The molecule has 36 heavy (non-hydrogen) atoms. The van der Waals surface area contributed by atoms with Crippen molar-refractivity contribution in [3.63, 3.8) is 0 Å². The number of fused-ring (bicyclic) bond motifs is 1. The van der Waals surface area contributed by atoms with Gasteiger partial charge in [0, 0.05) is 34.7 Å². The van der Waals surface area contributed by atoms with E-state index < -0.39 is 34.8 Å². The van der Waals surface area contributed by atoms with Crippen molar-refractivity contribution < 1.29 is 36.6 Å². The van der Waals surface area contributed by atoms with Crippen LogP contribution in [0.15, 0.2) is 53.9 Å². The van der Waals surface area contributed by atoms with E-state index in [1.165, 1.54) is 43.9 Å². The summed E-state index contributed by atoms with van der Waals surface area (Å²) >= 11 is 1.04. The standard InChI is InChI=1S/C26H19F4NO4S/c1-34-23-9-6-14(10-24(23)35-2)21(32)7-8-22(33)20-12-15(26(28,29)30)11-19(31-20)17-13-36-25-16(17)4-3-5-18(25)27/h3-6,9-13H,7-8H2,1-2H3. The highest BCUT2D eigenvalue weighted by atomic mass is 32.1. The van der Waals surface area contributed by atoms with Crippen molar-refractivity contribution in [3.05, 3.63) is 76.5 Å². The zero-order chi connectivity index (χ0) is 26.0. The fourth-order valence-corrected chi connectivity index (χ4v) is 4.67. The number of benzene rings is 2. The number of pyridine rings is 1. The Balaban J connectivity index is 1.63. The van der Waals surface area contributed by atoms with Crippen molar-refractivity contribution in [2.45, 2.75) is 19.0 Å². The molecule has 0 N–H and O–H groups in total. The van der Waals surface area contributed by atoms with Crippen molar-refractivity contribution in [2.24, 2.45) is 0 Å². The zero-order valence-electron chi connectivity index (χ0n) is 19.1. The van der Waals surface area contributed by atoms with Crippen LogP contribution in [0.4, 0.5) is 17.6 Å². The van der Waals surface area contributed by atoms with E-state index in [-0.39, 0.29) is 34.4 Å². The lowest BCUT2D eigenvalue weighted by Gasteiger charge is -2.11. The van der Waals surface area contributed by atoms with Crippen molar-refractivity contribution in [3.8, 4) is 22.8 Å². The van der Waals surface area contributed by atoms with Crippen LogP contribution >= 0.6 is 11.3 Å². The molecule has 0 atom stereocenters. The first-order chi connectivity index (χ1) is 17.1. The maximum Gasteiger partial charge on any atom is 0.416 e. The summed E-state index contributed by atoms with van der Waals surface area (Å²) < 4.78 is 65.6. The Bertz CT molecular complexity index is 1460. The Morgan fingerprint density at radius 1 is 0.944 bits per heavy atom. The monoisotopic (exact) mass is 517 g/mol. The normalized spacial score (nSPS) is 11.5. The molecular weight excluding hydrogens is 498 g/mol. The Kier molecular flexibility index (Phi) is 7.07. The minimum atomic E-state index is -4.74. The lowest BCUT2D eigenvalue weighted by Crippen LogP contribution is -2.12. The lowest BCUT2D eigenvalue weighted by atomic mass is 10.0. The average Bonchev–Trinajstić information content (AvgIpc) is 3.31. The van der Waals surface area contributed by atoms with Crippen molar-refractivity contribution in [1.29, 1.82) is 0 Å². The van der Waals surface area contributed by atoms with Gasteiger partial charge in [0.15, 0.2) is 23.1 Å². The molecule has 4 aromatic rings. The molecule has 0 saturated heterocycles. The minimum Gasteiger partial charge on any atom is -0.493 e. The number of thiophene rings is 1. The molecule has 2 aromatic heterocycles. The third-order valence-corrected chi connectivity index (χ3v) is 6.55. The fourth-order valence-electron chi connectivity index (χ4n) is 3.70. The van der Waals surface area contributed by atoms with Gasteiger partial charge in [0.2, 0.25) is 0 Å². The number of halogens is 4. The summed E-state index contributed by atoms with van der Waals surface area (Å²) in [5.41, 5.74) is -1.02. The van der Waals surface area contributed by atoms with Gasteiger partial charge >= 0.3 is 6.18 Å². The zero-order valence-corrected chi connectivity index (χ0v) is 19.9. The molecule has 0 radical (unpaired) electrons. The smallest absolute Gasteiger partial charge is 0.416 e. The second-order valence-electron chi connectivity index (χ2n) is 7.81. The molecule has 2 aromatic carbocycles. The fraction of sp³-hybridized carbons (Fsp3) is 0.192. The van der Waals surface area contributed by atoms with Crippen LogP contribution in [0, 0.1) is 5.82 Å². The van der Waals surface area contributed by atoms with Crippen LogP contribution in [0.1, 0.15) is 39.3 Å². The van der Waals surface area contributed by atoms with Gasteiger partial charge in [-0.15, -0.1) is 11.3 Å². The largest absolute Gasteiger partial charge is 0.493 e. The van der Waals surface area contributed by atoms with E-state index in [4.69, 9.17) is 9.47 Å². The van der Waals surface area contributed by atoms with Crippen molar-refractivity contribution >= 4 is 33.0 Å². The van der Waals surface area contributed by atoms with Gasteiger partial charge < -0.3 is 9.47 Å². The molecule has 0 aliphatic heterocycles. The van der Waals surface area contributed by atoms with Crippen LogP contribution in [0.25, 0.3) is 21.3 Å². The number of ketones is 2. The Hall–Kier alpha value is -3.79. The van der Waals surface area contributed by atoms with Gasteiger partial charge in [0.25, 0.3) is 0 Å². The number of Topliss-reactive ketones (excluding diaryl/α,β-unsaturated/α-hetero) is 2. The van der Waals surface area contributed by atoms with Crippen molar-refractivity contribution in [1.82, 2.24) is 4.98 Å². The maximum absolute atomic E-state index is 14.1. The number of alkyl halides is 3. The molecule has 0 saturated carbocycles. The summed E-state index contributed by atoms with van der Waals surface area (Å²) in [5, 5.41) is 1.90. The molecule has 5 nitrogen and oxygen atoms in total. The van der Waals surface area contributed by atoms with Crippen LogP contribution in [-0.2, 0) is 6.18 Å². The predicted molar refractivity (Wildman–Crippen MR) is 127 cm³/mol. The molecule has 0 aliphatic rings. The molecule has 0 amide bonds. The Labute approximate surface area is 207 Å². The van der Waals surface area contributed by atoms with Gasteiger partial charge in [-0.2, -0.15) is 13.2 Å². The molecule has 4 rings (SSSR count). The minimum absolute atomic E-state index is 0.101. The lowest BCUT2D eigenvalue weighted by molar-refractivity contribution is -0.137. The summed E-state index contributed by atoms with van der Waals surface area (Å²) in [6.45, 7) is 0. The first kappa shape index (κ1) is 25.3. The first-order valence-electron chi connectivity index (χ1n) is 10.7. The van der Waals surface area contributed by atoms with E-state index in [0.717, 1.165) is 17.4 Å². The second-order valence-corrected chi connectivity index (χ2v) is 8.69. The first-order valence-corrected chi connectivity index (χ1v) is 11.5. The predicted octanol–water partition coefficient (Wildman–Crippen LogP) is 6.98. The van der Waals surface area contributed by atoms with E-state index in [0.29, 0.717) is 23.0 Å². The Morgan fingerprint density at radius 3 is 2.36 bits per heavy atom. The van der Waals surface area contributed by atoms with Crippen LogP contribution in [0.5, 0.6) is 11.5 Å². The van der Waals surface area contributed by atoms with E-state index in [9.17, 15) is 27.2 Å². The molecule has 10 heteroatoms. The van der Waals surface area contributed by atoms with Gasteiger partial charge in [-0.25, -0.2) is 9.37 Å². The second kappa shape index (κ2) is 10.1. The molecule has 0 aliphatic carbocycles. The third-order valence-electron chi connectivity index (χ3n) is 5.55. The molecular formula is C26H19F4NO4S. The molecule has 0 unspecified atom stereocenters. The summed E-state index contributed by atoms with van der Waals surface area (Å²) in [5.74, 6) is -0.858. The highest BCUT2D eigenvalue weighted by Gasteiger charge is 2.33. The topological polar surface area (TPSA) is 65.5 Å². The van der Waals surface area contributed by atoms with Crippen LogP contribution < -0.4 is 9.47 Å². The number of aromatic nitrogens is 1. The van der Waals surface area contributed by atoms with Gasteiger partial charge in [-0.05, 0) is 36.4 Å². The van der Waals surface area contributed by atoms with E-state index in [2.05, 4.69) is 4.98 Å². The van der Waals surface area contributed by atoms with Crippen molar-refractivity contribution in [2.75, 3.05) is 14.2 Å². The van der Waals surface area contributed by atoms with E-state index in [1.807, 2.05) is 0 Å². The average molecular weight is 518 g/mol. The highest BCUT2D eigenvalue weighted by Crippen LogP contribution is 2.38. The summed E-state index contributed by atoms with van der Waals surface area (Å²) in [4.78, 5) is 29.6. The summed E-state index contributed by atoms with van der Waals surface area (Å²) in [6, 6.07) is 10.3. The van der Waals surface area contributed by atoms with Crippen LogP contribution in [0.3, 0.4) is 0 Å². The third kappa shape index (κ3) is 5.08. The SMILES string of the molecule is COc1ccc(C(=O)CCC(=O)c2cc(C(F)(F)F)cc(-c3csc4c(F)cccc34)n2)cc1OC. The number of hydrogen-bond acceptors (Lipinski definition) is 6. The quantitative estimate of drug-likeness (QED) is 0.186. The number of rotatable bonds is 8. The highest BCUT2D eigenvalue weighted by molar-refractivity contribution is 7.17. The number of carbonyl (C=O) groups is 2. The van der Waals surface area contributed by atoms with E-state index >= 15 is 0 Å². The number of hydrogen-bond donors (Lipinski definition) is 0. The van der Waals surface area contributed by atoms with Crippen LogP contribution in [-0.4, -0.2) is 30.8 Å². The summed E-state index contributed by atoms with van der Waals surface area (Å²) in [7, 11) is 2.86. The molecule has 186 valence electrons. The number of ether oxygens (including phenoxy) is 2. The molecule has 0 fully saturated rings. The maximum atomic E-state index is 14.1.